The molecule has 0 aromatic heterocycles. The van der Waals surface area contributed by atoms with Crippen LogP contribution in [0.4, 0.5) is 35.1 Å². The molecule has 0 bridgehead atoms. The van der Waals surface area contributed by atoms with Crippen LogP contribution in [0.1, 0.15) is 0 Å². The van der Waals surface area contributed by atoms with Gasteiger partial charge >= 0.3 is 22.7 Å². The molecule has 2 N–H and O–H groups in total. The second kappa shape index (κ2) is 5.19. The molecule has 0 saturated heterocycles. The largest absolute Gasteiger partial charge is 0.439 e. The van der Waals surface area contributed by atoms with E-state index in [9.17, 15) is 43.5 Å². The first-order valence-corrected chi connectivity index (χ1v) is 5.74. The SMILES string of the molecule is O=S(O)C(F)(F)C(F)(F)OC(F)(F)C(F)(F)S(=O)O. The van der Waals surface area contributed by atoms with Crippen LogP contribution in [-0.4, -0.2) is 40.2 Å². The topological polar surface area (TPSA) is 83.8 Å². The number of hydrogen-bond donors (Lipinski definition) is 2. The molecule has 0 aliphatic heterocycles. The quantitative estimate of drug-likeness (QED) is 0.566. The molecule has 116 valence electrons. The predicted molar refractivity (Wildman–Crippen MR) is 42.4 cm³/mol. The second-order valence-corrected chi connectivity index (χ2v) is 4.69. The van der Waals surface area contributed by atoms with Gasteiger partial charge in [0.15, 0.2) is 0 Å². The number of ether oxygens (including phenoxy) is 1. The van der Waals surface area contributed by atoms with Crippen molar-refractivity contribution in [2.75, 3.05) is 0 Å². The van der Waals surface area contributed by atoms with Crippen molar-refractivity contribution in [1.82, 2.24) is 0 Å². The summed E-state index contributed by atoms with van der Waals surface area (Å²) in [6.07, 6.45) is -13.0. The smallest absolute Gasteiger partial charge is 0.301 e. The summed E-state index contributed by atoms with van der Waals surface area (Å²) >= 11 is -9.48. The first-order valence-electron chi connectivity index (χ1n) is 3.53. The van der Waals surface area contributed by atoms with Gasteiger partial charge in [-0.2, -0.15) is 35.1 Å². The lowest BCUT2D eigenvalue weighted by molar-refractivity contribution is -0.442. The van der Waals surface area contributed by atoms with Crippen molar-refractivity contribution >= 4 is 22.2 Å². The zero-order valence-corrected chi connectivity index (χ0v) is 9.59. The van der Waals surface area contributed by atoms with Crippen LogP contribution in [0.5, 0.6) is 0 Å². The van der Waals surface area contributed by atoms with Gasteiger partial charge < -0.3 is 9.11 Å². The van der Waals surface area contributed by atoms with Crippen molar-refractivity contribution in [2.24, 2.45) is 0 Å². The maximum Gasteiger partial charge on any atom is 0.439 e. The molecular formula is C4H2F8O5S2. The van der Waals surface area contributed by atoms with E-state index >= 15 is 0 Å². The van der Waals surface area contributed by atoms with Crippen LogP contribution in [0.3, 0.4) is 0 Å². The van der Waals surface area contributed by atoms with Gasteiger partial charge in [-0.3, -0.25) is 0 Å². The lowest BCUT2D eigenvalue weighted by Crippen LogP contribution is -2.55. The van der Waals surface area contributed by atoms with Crippen molar-refractivity contribution in [3.05, 3.63) is 0 Å². The first kappa shape index (κ1) is 18.6. The third-order valence-corrected chi connectivity index (χ3v) is 2.73. The van der Waals surface area contributed by atoms with Crippen LogP contribution in [0.2, 0.25) is 0 Å². The van der Waals surface area contributed by atoms with Gasteiger partial charge in [0, 0.05) is 0 Å². The Bertz CT molecular complexity index is 361. The Labute approximate surface area is 103 Å². The van der Waals surface area contributed by atoms with Crippen molar-refractivity contribution in [1.29, 1.82) is 0 Å². The van der Waals surface area contributed by atoms with Gasteiger partial charge in [-0.05, 0) is 0 Å². The zero-order chi connectivity index (χ0) is 15.9. The summed E-state index contributed by atoms with van der Waals surface area (Å²) in [5.41, 5.74) is 0. The Morgan fingerprint density at radius 2 is 0.895 bits per heavy atom. The van der Waals surface area contributed by atoms with E-state index in [2.05, 4.69) is 0 Å². The van der Waals surface area contributed by atoms with Gasteiger partial charge in [0.1, 0.15) is 0 Å². The highest BCUT2D eigenvalue weighted by molar-refractivity contribution is 7.80. The maximum absolute atomic E-state index is 12.4. The molecule has 0 saturated carbocycles. The van der Waals surface area contributed by atoms with Gasteiger partial charge in [0.25, 0.3) is 0 Å². The Balaban J connectivity index is 5.45. The number of halogens is 8. The maximum atomic E-state index is 12.4. The molecule has 0 aliphatic carbocycles. The highest BCUT2D eigenvalue weighted by Crippen LogP contribution is 2.46. The standard InChI is InChI=1S/C4H2F8O5S2/c5-1(6,3(9,10)18(13)14)17-2(7,8)4(11,12)19(15)16/h(H,13,14)(H,15,16). The minimum absolute atomic E-state index is 1.80. The van der Waals surface area contributed by atoms with Gasteiger partial charge in [0.2, 0.25) is 22.2 Å². The molecule has 2 atom stereocenters. The summed E-state index contributed by atoms with van der Waals surface area (Å²) in [7, 11) is 0. The molecular weight excluding hydrogens is 344 g/mol. The van der Waals surface area contributed by atoms with E-state index in [4.69, 9.17) is 9.11 Å². The molecule has 15 heteroatoms. The normalized spacial score (nSPS) is 18.2. The minimum Gasteiger partial charge on any atom is -0.301 e. The molecule has 2 unspecified atom stereocenters. The summed E-state index contributed by atoms with van der Waals surface area (Å²) in [6.45, 7) is 0. The minimum atomic E-state index is -6.51. The Morgan fingerprint density at radius 3 is 1.05 bits per heavy atom. The van der Waals surface area contributed by atoms with E-state index in [1.807, 2.05) is 0 Å². The number of rotatable bonds is 6. The van der Waals surface area contributed by atoms with Crippen LogP contribution in [0, 0.1) is 0 Å². The fraction of sp³-hybridized carbons (Fsp3) is 1.00. The highest BCUT2D eigenvalue weighted by atomic mass is 32.2. The van der Waals surface area contributed by atoms with Gasteiger partial charge in [-0.25, -0.2) is 13.2 Å². The van der Waals surface area contributed by atoms with E-state index in [0.717, 1.165) is 0 Å². The molecule has 0 amide bonds. The Morgan fingerprint density at radius 1 is 0.684 bits per heavy atom. The molecule has 0 aliphatic rings. The summed E-state index contributed by atoms with van der Waals surface area (Å²) < 4.78 is 136. The van der Waals surface area contributed by atoms with E-state index in [1.165, 1.54) is 0 Å². The first-order chi connectivity index (χ1) is 8.09. The highest BCUT2D eigenvalue weighted by Gasteiger charge is 2.73. The molecule has 0 heterocycles. The van der Waals surface area contributed by atoms with Crippen LogP contribution in [-0.2, 0) is 26.9 Å². The molecule has 0 radical (unpaired) electrons. The van der Waals surface area contributed by atoms with Crippen molar-refractivity contribution < 1.29 is 57.4 Å². The number of hydrogen-bond acceptors (Lipinski definition) is 3. The zero-order valence-electron chi connectivity index (χ0n) is 7.96. The Kier molecular flexibility index (Phi) is 5.09. The second-order valence-electron chi connectivity index (χ2n) is 2.67. The molecule has 0 aromatic carbocycles. The summed E-state index contributed by atoms with van der Waals surface area (Å²) in [5.74, 6) is 0. The van der Waals surface area contributed by atoms with Gasteiger partial charge in [0.05, 0.1) is 0 Å². The molecule has 0 spiro atoms. The van der Waals surface area contributed by atoms with Gasteiger partial charge in [-0.15, -0.1) is 0 Å². The molecule has 0 fully saturated rings. The Hall–Kier alpha value is -0.380. The fourth-order valence-corrected chi connectivity index (χ4v) is 0.973. The predicted octanol–water partition coefficient (Wildman–Crippen LogP) is 1.82. The van der Waals surface area contributed by atoms with Crippen molar-refractivity contribution in [3.8, 4) is 0 Å². The average Bonchev–Trinajstić information content (AvgIpc) is 2.14. The monoisotopic (exact) mass is 346 g/mol. The van der Waals surface area contributed by atoms with Crippen LogP contribution in [0.15, 0.2) is 0 Å². The number of alkyl halides is 8. The lowest BCUT2D eigenvalue weighted by atomic mass is 10.6. The van der Waals surface area contributed by atoms with Crippen molar-refractivity contribution in [2.45, 2.75) is 22.7 Å². The van der Waals surface area contributed by atoms with E-state index in [-0.39, 0.29) is 0 Å². The van der Waals surface area contributed by atoms with Crippen LogP contribution in [0.25, 0.3) is 0 Å². The van der Waals surface area contributed by atoms with E-state index in [0.29, 0.717) is 0 Å². The third kappa shape index (κ3) is 3.39. The summed E-state index contributed by atoms with van der Waals surface area (Å²) in [4.78, 5) is 0. The molecule has 0 aromatic rings. The average molecular weight is 346 g/mol. The third-order valence-electron chi connectivity index (χ3n) is 1.37. The van der Waals surface area contributed by atoms with Crippen LogP contribution >= 0.6 is 0 Å². The summed E-state index contributed by atoms with van der Waals surface area (Å²) in [5, 5.41) is -12.3. The van der Waals surface area contributed by atoms with E-state index in [1.54, 1.807) is 4.74 Å². The molecule has 5 nitrogen and oxygen atoms in total. The van der Waals surface area contributed by atoms with Crippen LogP contribution < -0.4 is 0 Å². The molecule has 0 rings (SSSR count). The summed E-state index contributed by atoms with van der Waals surface area (Å²) in [6, 6.07) is 0. The van der Waals surface area contributed by atoms with Crippen molar-refractivity contribution in [3.63, 3.8) is 0 Å². The fourth-order valence-electron chi connectivity index (χ4n) is 0.483. The molecule has 19 heavy (non-hydrogen) atoms. The lowest BCUT2D eigenvalue weighted by Gasteiger charge is -2.29. The van der Waals surface area contributed by atoms with Gasteiger partial charge in [-0.1, -0.05) is 0 Å². The van der Waals surface area contributed by atoms with E-state index < -0.39 is 44.9 Å².